The van der Waals surface area contributed by atoms with Gasteiger partial charge in [-0.25, -0.2) is 4.79 Å². The van der Waals surface area contributed by atoms with Crippen molar-refractivity contribution in [2.45, 2.75) is 13.8 Å². The van der Waals surface area contributed by atoms with Crippen molar-refractivity contribution in [1.29, 1.82) is 0 Å². The second-order valence-electron chi connectivity index (χ2n) is 4.47. The first-order chi connectivity index (χ1) is 10.0. The first-order valence-electron chi connectivity index (χ1n) is 6.61. The molecule has 0 saturated carbocycles. The third kappa shape index (κ3) is 3.10. The quantitative estimate of drug-likeness (QED) is 0.874. The first-order valence-corrected chi connectivity index (χ1v) is 6.61. The lowest BCUT2D eigenvalue weighted by atomic mass is 10.2. The number of nitrogens with zero attached hydrogens (tertiary/aromatic N) is 2. The van der Waals surface area contributed by atoms with E-state index < -0.39 is 5.97 Å². The van der Waals surface area contributed by atoms with Crippen molar-refractivity contribution in [2.75, 3.05) is 11.9 Å². The summed E-state index contributed by atoms with van der Waals surface area (Å²) < 4.78 is 6.47. The molecule has 1 aromatic carbocycles. The molecule has 21 heavy (non-hydrogen) atoms. The number of aromatic nitrogens is 2. The smallest absolute Gasteiger partial charge is 0.343 e. The Morgan fingerprint density at radius 1 is 1.29 bits per heavy atom. The minimum atomic E-state index is -0.494. The number of carbonyl (C=O) groups is 2. The fourth-order valence-electron chi connectivity index (χ4n) is 2.02. The van der Waals surface area contributed by atoms with Gasteiger partial charge in [0.05, 0.1) is 12.3 Å². The monoisotopic (exact) mass is 287 g/mol. The van der Waals surface area contributed by atoms with Gasteiger partial charge in [-0.05, 0) is 26.0 Å². The van der Waals surface area contributed by atoms with Crippen molar-refractivity contribution in [3.8, 4) is 0 Å². The van der Waals surface area contributed by atoms with Crippen LogP contribution in [0.5, 0.6) is 0 Å². The Hall–Kier alpha value is -2.63. The molecule has 0 aliphatic rings. The molecule has 0 bridgehead atoms. The van der Waals surface area contributed by atoms with Crippen LogP contribution in [0.4, 0.5) is 5.82 Å². The zero-order chi connectivity index (χ0) is 15.4. The van der Waals surface area contributed by atoms with E-state index in [2.05, 4.69) is 10.4 Å². The molecule has 6 heteroatoms. The number of rotatable bonds is 4. The molecular weight excluding hydrogens is 270 g/mol. The highest BCUT2D eigenvalue weighted by atomic mass is 16.5. The third-order valence-corrected chi connectivity index (χ3v) is 2.97. The summed E-state index contributed by atoms with van der Waals surface area (Å²) in [5.74, 6) is -0.463. The lowest BCUT2D eigenvalue weighted by Gasteiger charge is -2.08. The van der Waals surface area contributed by atoms with Gasteiger partial charge >= 0.3 is 5.97 Å². The average molecular weight is 287 g/mol. The highest BCUT2D eigenvalue weighted by molar-refractivity contribution is 6.07. The maximum absolute atomic E-state index is 12.2. The number of amides is 1. The largest absolute Gasteiger partial charge is 0.462 e. The van der Waals surface area contributed by atoms with Gasteiger partial charge in [0.2, 0.25) is 0 Å². The number of aryl methyl sites for hydroxylation is 2. The fraction of sp³-hybridized carbons (Fsp3) is 0.267. The number of nitrogens with one attached hydrogen (secondary N) is 1. The van der Waals surface area contributed by atoms with Crippen LogP contribution in [0.2, 0.25) is 0 Å². The van der Waals surface area contributed by atoms with Gasteiger partial charge in [0, 0.05) is 12.6 Å². The highest BCUT2D eigenvalue weighted by Crippen LogP contribution is 2.20. The number of carbonyl (C=O) groups excluding carboxylic acids is 2. The Morgan fingerprint density at radius 2 is 1.95 bits per heavy atom. The van der Waals surface area contributed by atoms with Crippen LogP contribution in [0.1, 0.15) is 33.3 Å². The Morgan fingerprint density at radius 3 is 2.57 bits per heavy atom. The van der Waals surface area contributed by atoms with E-state index in [1.54, 1.807) is 45.2 Å². The van der Waals surface area contributed by atoms with Gasteiger partial charge < -0.3 is 10.1 Å². The van der Waals surface area contributed by atoms with E-state index in [9.17, 15) is 9.59 Å². The van der Waals surface area contributed by atoms with Crippen molar-refractivity contribution in [3.05, 3.63) is 47.2 Å². The van der Waals surface area contributed by atoms with E-state index in [1.807, 2.05) is 6.07 Å². The molecule has 0 aliphatic heterocycles. The Balaban J connectivity index is 2.32. The molecule has 1 amide bonds. The number of hydrogen-bond acceptors (Lipinski definition) is 4. The summed E-state index contributed by atoms with van der Waals surface area (Å²) in [5.41, 5.74) is 1.30. The summed E-state index contributed by atoms with van der Waals surface area (Å²) in [4.78, 5) is 24.2. The molecule has 0 aliphatic carbocycles. The molecule has 0 fully saturated rings. The predicted octanol–water partition coefficient (Wildman–Crippen LogP) is 2.16. The molecule has 0 spiro atoms. The van der Waals surface area contributed by atoms with Crippen LogP contribution in [-0.2, 0) is 11.8 Å². The maximum Gasteiger partial charge on any atom is 0.343 e. The van der Waals surface area contributed by atoms with Crippen molar-refractivity contribution in [3.63, 3.8) is 0 Å². The molecule has 6 nitrogen and oxygen atoms in total. The van der Waals surface area contributed by atoms with Crippen molar-refractivity contribution in [2.24, 2.45) is 7.05 Å². The lowest BCUT2D eigenvalue weighted by molar-refractivity contribution is 0.0526. The average Bonchev–Trinajstić information content (AvgIpc) is 2.74. The number of benzene rings is 1. The van der Waals surface area contributed by atoms with Gasteiger partial charge in [-0.2, -0.15) is 5.10 Å². The van der Waals surface area contributed by atoms with Crippen molar-refractivity contribution in [1.82, 2.24) is 9.78 Å². The molecule has 2 rings (SSSR count). The SMILES string of the molecule is CCOC(=O)c1c(C)nn(C)c1NC(=O)c1ccccc1. The fourth-order valence-corrected chi connectivity index (χ4v) is 2.02. The number of anilines is 1. The van der Waals surface area contributed by atoms with Gasteiger partial charge in [-0.3, -0.25) is 9.48 Å². The zero-order valence-corrected chi connectivity index (χ0v) is 12.2. The molecule has 2 aromatic rings. The molecule has 1 heterocycles. The zero-order valence-electron chi connectivity index (χ0n) is 12.2. The predicted molar refractivity (Wildman–Crippen MR) is 78.3 cm³/mol. The van der Waals surface area contributed by atoms with E-state index in [-0.39, 0.29) is 18.1 Å². The molecule has 1 aromatic heterocycles. The molecule has 0 saturated heterocycles. The second kappa shape index (κ2) is 6.21. The first kappa shape index (κ1) is 14.8. The van der Waals surface area contributed by atoms with Gasteiger partial charge in [0.15, 0.2) is 0 Å². The molecule has 0 atom stereocenters. The topological polar surface area (TPSA) is 73.2 Å². The van der Waals surface area contributed by atoms with Crippen LogP contribution in [0.3, 0.4) is 0 Å². The van der Waals surface area contributed by atoms with Gasteiger partial charge in [-0.1, -0.05) is 18.2 Å². The van der Waals surface area contributed by atoms with Gasteiger partial charge in [-0.15, -0.1) is 0 Å². The van der Waals surface area contributed by atoms with E-state index in [0.717, 1.165) is 0 Å². The normalized spacial score (nSPS) is 10.2. The standard InChI is InChI=1S/C15H17N3O3/c1-4-21-15(20)12-10(2)17-18(3)13(12)16-14(19)11-8-6-5-7-9-11/h5-9H,4H2,1-3H3,(H,16,19). The van der Waals surface area contributed by atoms with Crippen LogP contribution in [0.25, 0.3) is 0 Å². The summed E-state index contributed by atoms with van der Waals surface area (Å²) in [7, 11) is 1.66. The second-order valence-corrected chi connectivity index (χ2v) is 4.47. The van der Waals surface area contributed by atoms with E-state index in [1.165, 1.54) is 4.68 Å². The molecule has 110 valence electrons. The van der Waals surface area contributed by atoms with Crippen LogP contribution in [0, 0.1) is 6.92 Å². The summed E-state index contributed by atoms with van der Waals surface area (Å²) in [6.07, 6.45) is 0. The molecule has 0 unspecified atom stereocenters. The summed E-state index contributed by atoms with van der Waals surface area (Å²) in [6.45, 7) is 3.69. The van der Waals surface area contributed by atoms with E-state index in [4.69, 9.17) is 4.74 Å². The van der Waals surface area contributed by atoms with Crippen LogP contribution in [0.15, 0.2) is 30.3 Å². The summed E-state index contributed by atoms with van der Waals surface area (Å²) in [6, 6.07) is 8.77. The number of hydrogen-bond donors (Lipinski definition) is 1. The van der Waals surface area contributed by atoms with Crippen LogP contribution >= 0.6 is 0 Å². The van der Waals surface area contributed by atoms with Crippen molar-refractivity contribution < 1.29 is 14.3 Å². The lowest BCUT2D eigenvalue weighted by Crippen LogP contribution is -2.17. The van der Waals surface area contributed by atoms with Crippen molar-refractivity contribution >= 4 is 17.7 Å². The van der Waals surface area contributed by atoms with Gasteiger partial charge in [0.1, 0.15) is 11.4 Å². The van der Waals surface area contributed by atoms with Crippen LogP contribution in [-0.4, -0.2) is 28.3 Å². The molecular formula is C15H17N3O3. The maximum atomic E-state index is 12.2. The third-order valence-electron chi connectivity index (χ3n) is 2.97. The number of esters is 1. The Kier molecular flexibility index (Phi) is 4.37. The van der Waals surface area contributed by atoms with E-state index >= 15 is 0 Å². The molecule has 0 radical (unpaired) electrons. The highest BCUT2D eigenvalue weighted by Gasteiger charge is 2.23. The Labute approximate surface area is 122 Å². The minimum absolute atomic E-state index is 0.263. The number of ether oxygens (including phenoxy) is 1. The minimum Gasteiger partial charge on any atom is -0.462 e. The van der Waals surface area contributed by atoms with E-state index in [0.29, 0.717) is 17.1 Å². The van der Waals surface area contributed by atoms with Crippen LogP contribution < -0.4 is 5.32 Å². The Bertz CT molecular complexity index is 662. The molecule has 1 N–H and O–H groups in total. The summed E-state index contributed by atoms with van der Waals surface area (Å²) >= 11 is 0. The summed E-state index contributed by atoms with van der Waals surface area (Å²) in [5, 5.41) is 6.88. The van der Waals surface area contributed by atoms with Gasteiger partial charge in [0.25, 0.3) is 5.91 Å².